The predicted molar refractivity (Wildman–Crippen MR) is 40.5 cm³/mol. The Morgan fingerprint density at radius 2 is 2.25 bits per heavy atom. The summed E-state index contributed by atoms with van der Waals surface area (Å²) >= 11 is 0. The summed E-state index contributed by atoms with van der Waals surface area (Å²) in [4.78, 5) is 0. The van der Waals surface area contributed by atoms with Crippen LogP contribution in [0.25, 0.3) is 0 Å². The van der Waals surface area contributed by atoms with E-state index in [1.807, 2.05) is 0 Å². The van der Waals surface area contributed by atoms with Gasteiger partial charge >= 0.3 is 0 Å². The lowest BCUT2D eigenvalue weighted by Gasteiger charge is -2.35. The highest BCUT2D eigenvalue weighted by Crippen LogP contribution is 2.49. The van der Waals surface area contributed by atoms with Crippen LogP contribution in [0.2, 0.25) is 0 Å². The van der Waals surface area contributed by atoms with Crippen LogP contribution in [0.15, 0.2) is 0 Å². The first-order chi connectivity index (χ1) is 5.59. The number of ether oxygens (including phenoxy) is 1. The smallest absolute Gasteiger partial charge is 0.120 e. The maximum absolute atomic E-state index is 9.64. The minimum Gasteiger partial charge on any atom is -0.394 e. The Balaban J connectivity index is 2.11. The fourth-order valence-electron chi connectivity index (χ4n) is 1.92. The van der Waals surface area contributed by atoms with Gasteiger partial charge in [0.15, 0.2) is 0 Å². The van der Waals surface area contributed by atoms with Crippen molar-refractivity contribution >= 4 is 0 Å². The highest BCUT2D eigenvalue weighted by molar-refractivity contribution is 5.15. The van der Waals surface area contributed by atoms with E-state index in [0.29, 0.717) is 6.42 Å². The largest absolute Gasteiger partial charge is 0.394 e. The molecule has 4 heteroatoms. The van der Waals surface area contributed by atoms with Gasteiger partial charge in [-0.2, -0.15) is 0 Å². The number of aliphatic hydroxyl groups excluding tert-OH is 2. The molecule has 5 atom stereocenters. The van der Waals surface area contributed by atoms with Crippen molar-refractivity contribution in [3.8, 4) is 0 Å². The van der Waals surface area contributed by atoms with Gasteiger partial charge in [0, 0.05) is 12.3 Å². The van der Waals surface area contributed by atoms with E-state index in [1.165, 1.54) is 0 Å². The molecule has 70 valence electrons. The van der Waals surface area contributed by atoms with E-state index in [-0.39, 0.29) is 24.7 Å². The van der Waals surface area contributed by atoms with E-state index in [4.69, 9.17) is 9.84 Å². The highest BCUT2D eigenvalue weighted by Gasteiger charge is 2.65. The number of hydrogen-bond donors (Lipinski definition) is 3. The SMILES string of the molecule is CC1C(CO)OC2CC2(O)C1O. The molecule has 1 saturated heterocycles. The third-order valence-electron chi connectivity index (χ3n) is 3.03. The van der Waals surface area contributed by atoms with Gasteiger partial charge in [-0.15, -0.1) is 0 Å². The quantitative estimate of drug-likeness (QED) is 0.471. The van der Waals surface area contributed by atoms with E-state index in [1.54, 1.807) is 6.92 Å². The summed E-state index contributed by atoms with van der Waals surface area (Å²) in [5.74, 6) is -0.196. The molecule has 0 aromatic heterocycles. The van der Waals surface area contributed by atoms with Gasteiger partial charge in [0.25, 0.3) is 0 Å². The molecule has 12 heavy (non-hydrogen) atoms. The van der Waals surface area contributed by atoms with Gasteiger partial charge in [0.05, 0.1) is 24.9 Å². The summed E-state index contributed by atoms with van der Waals surface area (Å²) in [7, 11) is 0. The Bertz CT molecular complexity index is 195. The van der Waals surface area contributed by atoms with Crippen molar-refractivity contribution in [3.63, 3.8) is 0 Å². The van der Waals surface area contributed by atoms with Crippen LogP contribution >= 0.6 is 0 Å². The Labute approximate surface area is 70.8 Å². The van der Waals surface area contributed by atoms with Gasteiger partial charge in [-0.05, 0) is 0 Å². The summed E-state index contributed by atoms with van der Waals surface area (Å²) in [6, 6.07) is 0. The van der Waals surface area contributed by atoms with Crippen LogP contribution in [0.1, 0.15) is 13.3 Å². The normalized spacial score (nSPS) is 58.0. The molecule has 2 rings (SSSR count). The van der Waals surface area contributed by atoms with Crippen molar-refractivity contribution in [2.24, 2.45) is 5.92 Å². The van der Waals surface area contributed by atoms with Gasteiger partial charge in [-0.3, -0.25) is 0 Å². The van der Waals surface area contributed by atoms with Crippen molar-refractivity contribution < 1.29 is 20.1 Å². The molecule has 2 aliphatic rings. The zero-order valence-corrected chi connectivity index (χ0v) is 6.97. The molecule has 2 fully saturated rings. The third-order valence-corrected chi connectivity index (χ3v) is 3.03. The molecule has 0 radical (unpaired) electrons. The lowest BCUT2D eigenvalue weighted by atomic mass is 9.91. The van der Waals surface area contributed by atoms with Gasteiger partial charge in [-0.1, -0.05) is 6.92 Å². The molecule has 4 nitrogen and oxygen atoms in total. The van der Waals surface area contributed by atoms with E-state index in [9.17, 15) is 10.2 Å². The fourth-order valence-corrected chi connectivity index (χ4v) is 1.92. The number of fused-ring (bicyclic) bond motifs is 1. The minimum absolute atomic E-state index is 0.0925. The zero-order chi connectivity index (χ0) is 8.93. The standard InChI is InChI=1S/C8H14O4/c1-4-5(3-9)12-6-2-8(6,11)7(4)10/h4-7,9-11H,2-3H2,1H3. The van der Waals surface area contributed by atoms with Gasteiger partial charge in [0.2, 0.25) is 0 Å². The van der Waals surface area contributed by atoms with Crippen LogP contribution in [0, 0.1) is 5.92 Å². The molecule has 0 bridgehead atoms. The topological polar surface area (TPSA) is 69.9 Å². The molecule has 1 saturated carbocycles. The van der Waals surface area contributed by atoms with Gasteiger partial charge in [0.1, 0.15) is 5.60 Å². The summed E-state index contributed by atoms with van der Waals surface area (Å²) in [6.45, 7) is 1.68. The second kappa shape index (κ2) is 2.42. The molecule has 0 aromatic carbocycles. The molecule has 1 aliphatic carbocycles. The summed E-state index contributed by atoms with van der Waals surface area (Å²) in [6.07, 6.45) is -0.850. The van der Waals surface area contributed by atoms with Crippen molar-refractivity contribution in [2.45, 2.75) is 37.3 Å². The van der Waals surface area contributed by atoms with Gasteiger partial charge in [-0.25, -0.2) is 0 Å². The summed E-state index contributed by atoms with van der Waals surface area (Å²) < 4.78 is 5.34. The number of aliphatic hydroxyl groups is 3. The van der Waals surface area contributed by atoms with Crippen molar-refractivity contribution in [2.75, 3.05) is 6.61 Å². The van der Waals surface area contributed by atoms with E-state index < -0.39 is 11.7 Å². The Hall–Kier alpha value is -0.160. The molecule has 0 aromatic rings. The van der Waals surface area contributed by atoms with Crippen LogP contribution in [0.4, 0.5) is 0 Å². The summed E-state index contributed by atoms with van der Waals surface area (Å²) in [5.41, 5.74) is -1.02. The fraction of sp³-hybridized carbons (Fsp3) is 1.00. The first kappa shape index (κ1) is 8.44. The van der Waals surface area contributed by atoms with E-state index in [2.05, 4.69) is 0 Å². The third kappa shape index (κ3) is 0.925. The van der Waals surface area contributed by atoms with E-state index >= 15 is 0 Å². The Morgan fingerprint density at radius 1 is 1.58 bits per heavy atom. The Kier molecular flexibility index (Phi) is 1.70. The molecule has 5 unspecified atom stereocenters. The molecule has 3 N–H and O–H groups in total. The van der Waals surface area contributed by atoms with Crippen LogP contribution in [0.5, 0.6) is 0 Å². The lowest BCUT2D eigenvalue weighted by molar-refractivity contribution is -0.165. The summed E-state index contributed by atoms with van der Waals surface area (Å²) in [5, 5.41) is 28.1. The molecule has 1 heterocycles. The number of rotatable bonds is 1. The average molecular weight is 174 g/mol. The predicted octanol–water partition coefficient (Wildman–Crippen LogP) is -1.12. The van der Waals surface area contributed by atoms with Crippen LogP contribution < -0.4 is 0 Å². The first-order valence-corrected chi connectivity index (χ1v) is 4.26. The second-order valence-electron chi connectivity index (χ2n) is 3.85. The molecule has 0 amide bonds. The average Bonchev–Trinajstić information content (AvgIpc) is 2.71. The number of hydrogen-bond acceptors (Lipinski definition) is 4. The van der Waals surface area contributed by atoms with Crippen molar-refractivity contribution in [1.29, 1.82) is 0 Å². The lowest BCUT2D eigenvalue weighted by Crippen LogP contribution is -2.49. The molecule has 1 aliphatic heterocycles. The molecular formula is C8H14O4. The van der Waals surface area contributed by atoms with Crippen molar-refractivity contribution in [1.82, 2.24) is 0 Å². The maximum atomic E-state index is 9.64. The second-order valence-corrected chi connectivity index (χ2v) is 3.85. The Morgan fingerprint density at radius 3 is 2.83 bits per heavy atom. The molecule has 0 spiro atoms. The van der Waals surface area contributed by atoms with Crippen LogP contribution in [-0.4, -0.2) is 45.8 Å². The maximum Gasteiger partial charge on any atom is 0.120 e. The van der Waals surface area contributed by atoms with Crippen LogP contribution in [0.3, 0.4) is 0 Å². The monoisotopic (exact) mass is 174 g/mol. The highest BCUT2D eigenvalue weighted by atomic mass is 16.5. The van der Waals surface area contributed by atoms with Crippen molar-refractivity contribution in [3.05, 3.63) is 0 Å². The molecular weight excluding hydrogens is 160 g/mol. The first-order valence-electron chi connectivity index (χ1n) is 4.26. The van der Waals surface area contributed by atoms with Gasteiger partial charge < -0.3 is 20.1 Å². The van der Waals surface area contributed by atoms with Crippen LogP contribution in [-0.2, 0) is 4.74 Å². The zero-order valence-electron chi connectivity index (χ0n) is 6.97. The van der Waals surface area contributed by atoms with E-state index in [0.717, 1.165) is 0 Å². The minimum atomic E-state index is -1.02.